The molecule has 1 aromatic rings. The summed E-state index contributed by atoms with van der Waals surface area (Å²) in [5.74, 6) is 0.139. The van der Waals surface area contributed by atoms with Crippen molar-refractivity contribution in [2.75, 3.05) is 7.11 Å². The normalized spacial score (nSPS) is 10.0. The highest BCUT2D eigenvalue weighted by Gasteiger charge is 2.07. The molecule has 1 rings (SSSR count). The molecule has 2 N–H and O–H groups in total. The lowest BCUT2D eigenvalue weighted by Crippen LogP contribution is -2.01. The van der Waals surface area contributed by atoms with Crippen LogP contribution in [0.4, 0.5) is 4.39 Å². The molecule has 0 spiro atoms. The second-order valence-corrected chi connectivity index (χ2v) is 3.13. The predicted molar refractivity (Wildman–Crippen MR) is 48.5 cm³/mol. The van der Waals surface area contributed by atoms with Crippen molar-refractivity contribution in [3.05, 3.63) is 28.0 Å². The van der Waals surface area contributed by atoms with Gasteiger partial charge in [0.05, 0.1) is 7.11 Å². The molecule has 0 saturated carbocycles. The van der Waals surface area contributed by atoms with E-state index in [0.29, 0.717) is 15.8 Å². The van der Waals surface area contributed by atoms with Gasteiger partial charge in [-0.25, -0.2) is 4.39 Å². The number of nitrogens with two attached hydrogens (primary N) is 1. The zero-order valence-electron chi connectivity index (χ0n) is 6.60. The van der Waals surface area contributed by atoms with Crippen molar-refractivity contribution in [3.63, 3.8) is 0 Å². The standard InChI is InChI=1S/C8H9BrFNO/c1-12-5-2-7(9)6(4-11)8(10)3-5/h2-3H,4,11H2,1H3. The smallest absolute Gasteiger partial charge is 0.132 e. The molecular weight excluding hydrogens is 225 g/mol. The van der Waals surface area contributed by atoms with Gasteiger partial charge in [-0.15, -0.1) is 0 Å². The van der Waals surface area contributed by atoms with E-state index in [1.54, 1.807) is 6.07 Å². The zero-order chi connectivity index (χ0) is 9.14. The van der Waals surface area contributed by atoms with Crippen LogP contribution in [0.3, 0.4) is 0 Å². The van der Waals surface area contributed by atoms with E-state index in [9.17, 15) is 4.39 Å². The van der Waals surface area contributed by atoms with E-state index in [2.05, 4.69) is 15.9 Å². The third-order valence-electron chi connectivity index (χ3n) is 1.55. The van der Waals surface area contributed by atoms with Crippen molar-refractivity contribution in [3.8, 4) is 5.75 Å². The molecule has 0 aromatic heterocycles. The van der Waals surface area contributed by atoms with Crippen molar-refractivity contribution in [2.45, 2.75) is 6.54 Å². The molecule has 0 radical (unpaired) electrons. The summed E-state index contributed by atoms with van der Waals surface area (Å²) in [4.78, 5) is 0. The molecule has 2 nitrogen and oxygen atoms in total. The predicted octanol–water partition coefficient (Wildman–Crippen LogP) is 2.06. The maximum Gasteiger partial charge on any atom is 0.132 e. The Kier molecular flexibility index (Phi) is 3.05. The van der Waals surface area contributed by atoms with Gasteiger partial charge >= 0.3 is 0 Å². The van der Waals surface area contributed by atoms with Crippen LogP contribution in [-0.4, -0.2) is 7.11 Å². The summed E-state index contributed by atoms with van der Waals surface area (Å²) in [6.07, 6.45) is 0. The summed E-state index contributed by atoms with van der Waals surface area (Å²) >= 11 is 3.20. The molecule has 0 aliphatic carbocycles. The van der Waals surface area contributed by atoms with Gasteiger partial charge in [-0.05, 0) is 6.07 Å². The molecule has 0 amide bonds. The van der Waals surface area contributed by atoms with E-state index in [4.69, 9.17) is 10.5 Å². The Hall–Kier alpha value is -0.610. The first-order valence-electron chi connectivity index (χ1n) is 3.41. The van der Waals surface area contributed by atoms with E-state index in [1.807, 2.05) is 0 Å². The van der Waals surface area contributed by atoms with Crippen LogP contribution in [0.5, 0.6) is 5.75 Å². The molecule has 0 unspecified atom stereocenters. The summed E-state index contributed by atoms with van der Waals surface area (Å²) in [7, 11) is 1.49. The Morgan fingerprint density at radius 1 is 1.58 bits per heavy atom. The Morgan fingerprint density at radius 2 is 2.25 bits per heavy atom. The minimum atomic E-state index is -0.344. The Bertz CT molecular complexity index is 267. The van der Waals surface area contributed by atoms with Gasteiger partial charge in [0.1, 0.15) is 11.6 Å². The van der Waals surface area contributed by atoms with Gasteiger partial charge in [-0.1, -0.05) is 15.9 Å². The number of ether oxygens (including phenoxy) is 1. The molecule has 12 heavy (non-hydrogen) atoms. The topological polar surface area (TPSA) is 35.2 Å². The highest BCUT2D eigenvalue weighted by Crippen LogP contribution is 2.25. The molecule has 0 heterocycles. The summed E-state index contributed by atoms with van der Waals surface area (Å²) in [6, 6.07) is 3.00. The summed E-state index contributed by atoms with van der Waals surface area (Å²) in [6.45, 7) is 0.177. The summed E-state index contributed by atoms with van der Waals surface area (Å²) in [5, 5.41) is 0. The van der Waals surface area contributed by atoms with E-state index in [0.717, 1.165) is 0 Å². The van der Waals surface area contributed by atoms with E-state index in [1.165, 1.54) is 13.2 Å². The minimum absolute atomic E-state index is 0.177. The van der Waals surface area contributed by atoms with Crippen LogP contribution >= 0.6 is 15.9 Å². The lowest BCUT2D eigenvalue weighted by atomic mass is 10.2. The Labute approximate surface area is 78.6 Å². The average molecular weight is 234 g/mol. The second-order valence-electron chi connectivity index (χ2n) is 2.27. The van der Waals surface area contributed by atoms with Crippen molar-refractivity contribution in [1.82, 2.24) is 0 Å². The zero-order valence-corrected chi connectivity index (χ0v) is 8.19. The molecular formula is C8H9BrFNO. The maximum atomic E-state index is 13.1. The van der Waals surface area contributed by atoms with Crippen molar-refractivity contribution >= 4 is 15.9 Å². The third-order valence-corrected chi connectivity index (χ3v) is 2.26. The van der Waals surface area contributed by atoms with Crippen LogP contribution < -0.4 is 10.5 Å². The van der Waals surface area contributed by atoms with Gasteiger partial charge in [0.15, 0.2) is 0 Å². The molecule has 0 fully saturated rings. The number of hydrogen-bond acceptors (Lipinski definition) is 2. The second kappa shape index (κ2) is 3.87. The number of hydrogen-bond donors (Lipinski definition) is 1. The van der Waals surface area contributed by atoms with Crippen LogP contribution in [0.1, 0.15) is 5.56 Å². The monoisotopic (exact) mass is 233 g/mol. The minimum Gasteiger partial charge on any atom is -0.497 e. The molecule has 66 valence electrons. The van der Waals surface area contributed by atoms with Crippen LogP contribution in [0, 0.1) is 5.82 Å². The van der Waals surface area contributed by atoms with Gasteiger partial charge < -0.3 is 10.5 Å². The molecule has 0 aliphatic heterocycles. The Morgan fingerprint density at radius 3 is 2.67 bits per heavy atom. The first kappa shape index (κ1) is 9.48. The average Bonchev–Trinajstić information content (AvgIpc) is 2.03. The molecule has 4 heteroatoms. The fourth-order valence-electron chi connectivity index (χ4n) is 0.893. The third kappa shape index (κ3) is 1.76. The maximum absolute atomic E-state index is 13.1. The molecule has 0 atom stereocenters. The van der Waals surface area contributed by atoms with Gasteiger partial charge in [0, 0.05) is 22.6 Å². The molecule has 1 aromatic carbocycles. The van der Waals surface area contributed by atoms with Crippen molar-refractivity contribution < 1.29 is 9.13 Å². The largest absolute Gasteiger partial charge is 0.497 e. The number of halogens is 2. The van der Waals surface area contributed by atoms with E-state index < -0.39 is 0 Å². The van der Waals surface area contributed by atoms with Crippen LogP contribution in [0.25, 0.3) is 0 Å². The summed E-state index contributed by atoms with van der Waals surface area (Å²) in [5.41, 5.74) is 5.80. The highest BCUT2D eigenvalue weighted by atomic mass is 79.9. The SMILES string of the molecule is COc1cc(F)c(CN)c(Br)c1. The lowest BCUT2D eigenvalue weighted by Gasteiger charge is -2.05. The van der Waals surface area contributed by atoms with Gasteiger partial charge in [0.25, 0.3) is 0 Å². The first-order valence-corrected chi connectivity index (χ1v) is 4.20. The molecule has 0 bridgehead atoms. The van der Waals surface area contributed by atoms with E-state index in [-0.39, 0.29) is 12.4 Å². The number of rotatable bonds is 2. The quantitative estimate of drug-likeness (QED) is 0.849. The fourth-order valence-corrected chi connectivity index (χ4v) is 1.47. The summed E-state index contributed by atoms with van der Waals surface area (Å²) < 4.78 is 18.6. The van der Waals surface area contributed by atoms with Crippen LogP contribution in [0.15, 0.2) is 16.6 Å². The molecule has 0 aliphatic rings. The Balaban J connectivity index is 3.18. The van der Waals surface area contributed by atoms with Crippen LogP contribution in [0.2, 0.25) is 0 Å². The fraction of sp³-hybridized carbons (Fsp3) is 0.250. The van der Waals surface area contributed by atoms with Gasteiger partial charge in [-0.3, -0.25) is 0 Å². The highest BCUT2D eigenvalue weighted by molar-refractivity contribution is 9.10. The van der Waals surface area contributed by atoms with Crippen LogP contribution in [-0.2, 0) is 6.54 Å². The number of methoxy groups -OCH3 is 1. The van der Waals surface area contributed by atoms with E-state index >= 15 is 0 Å². The van der Waals surface area contributed by atoms with Gasteiger partial charge in [-0.2, -0.15) is 0 Å². The first-order chi connectivity index (χ1) is 5.69. The van der Waals surface area contributed by atoms with Crippen molar-refractivity contribution in [1.29, 1.82) is 0 Å². The van der Waals surface area contributed by atoms with Gasteiger partial charge in [0.2, 0.25) is 0 Å². The van der Waals surface area contributed by atoms with Crippen molar-refractivity contribution in [2.24, 2.45) is 5.73 Å². The molecule has 0 saturated heterocycles. The number of benzene rings is 1. The lowest BCUT2D eigenvalue weighted by molar-refractivity contribution is 0.410.